The highest BCUT2D eigenvalue weighted by molar-refractivity contribution is 5.92. The van der Waals surface area contributed by atoms with Crippen LogP contribution in [0.5, 0.6) is 0 Å². The quantitative estimate of drug-likeness (QED) is 0.664. The van der Waals surface area contributed by atoms with Gasteiger partial charge in [-0.25, -0.2) is 4.39 Å². The average Bonchev–Trinajstić information content (AvgIpc) is 2.67. The van der Waals surface area contributed by atoms with Gasteiger partial charge in [0.1, 0.15) is 5.82 Å². The van der Waals surface area contributed by atoms with Crippen molar-refractivity contribution >= 4 is 5.91 Å². The molecule has 1 fully saturated rings. The van der Waals surface area contributed by atoms with E-state index in [1.165, 1.54) is 6.07 Å². The normalized spacial score (nSPS) is 16.7. The zero-order chi connectivity index (χ0) is 18.9. The summed E-state index contributed by atoms with van der Waals surface area (Å²) in [5.41, 5.74) is 1.53. The Hall–Kier alpha value is -1.72. The Balaban J connectivity index is 1.87. The monoisotopic (exact) mass is 362 g/mol. The van der Waals surface area contributed by atoms with Crippen molar-refractivity contribution in [3.8, 4) is 0 Å². The van der Waals surface area contributed by atoms with Gasteiger partial charge in [0.2, 0.25) is 5.91 Å². The molecule has 1 aliphatic heterocycles. The summed E-state index contributed by atoms with van der Waals surface area (Å²) >= 11 is 0. The van der Waals surface area contributed by atoms with Crippen LogP contribution in [0.2, 0.25) is 0 Å². The van der Waals surface area contributed by atoms with E-state index in [0.717, 1.165) is 43.6 Å². The van der Waals surface area contributed by atoms with E-state index >= 15 is 0 Å². The molecule has 4 nitrogen and oxygen atoms in total. The van der Waals surface area contributed by atoms with Crippen molar-refractivity contribution in [1.82, 2.24) is 9.80 Å². The molecule has 144 valence electrons. The fraction of sp³-hybridized carbons (Fsp3) is 0.571. The third kappa shape index (κ3) is 5.92. The first-order valence-electron chi connectivity index (χ1n) is 9.42. The predicted octanol–water partition coefficient (Wildman–Crippen LogP) is 3.48. The first-order chi connectivity index (χ1) is 12.5. The number of carbonyl (C=O) groups is 1. The van der Waals surface area contributed by atoms with Crippen LogP contribution in [0, 0.1) is 11.7 Å². The SMILES string of the molecule is C/C=C(\C)C(=O)N(CCOC)CC1CCN(Cc2ccccc2F)CC1. The molecule has 1 aromatic carbocycles. The Morgan fingerprint density at radius 3 is 2.65 bits per heavy atom. The van der Waals surface area contributed by atoms with Gasteiger partial charge in [0.25, 0.3) is 0 Å². The van der Waals surface area contributed by atoms with Gasteiger partial charge in [-0.15, -0.1) is 0 Å². The van der Waals surface area contributed by atoms with E-state index in [0.29, 0.717) is 25.6 Å². The second-order valence-corrected chi connectivity index (χ2v) is 7.03. The number of methoxy groups -OCH3 is 1. The van der Waals surface area contributed by atoms with E-state index in [1.807, 2.05) is 37.0 Å². The van der Waals surface area contributed by atoms with Crippen molar-refractivity contribution in [3.63, 3.8) is 0 Å². The van der Waals surface area contributed by atoms with Gasteiger partial charge in [0.15, 0.2) is 0 Å². The van der Waals surface area contributed by atoms with Crippen LogP contribution in [-0.4, -0.2) is 55.6 Å². The molecule has 1 saturated heterocycles. The number of carbonyl (C=O) groups excluding carboxylic acids is 1. The van der Waals surface area contributed by atoms with Gasteiger partial charge in [-0.05, 0) is 51.8 Å². The molecule has 1 aromatic rings. The molecule has 5 heteroatoms. The number of nitrogens with zero attached hydrogens (tertiary/aromatic N) is 2. The van der Waals surface area contributed by atoms with Gasteiger partial charge in [0.05, 0.1) is 6.61 Å². The van der Waals surface area contributed by atoms with E-state index in [-0.39, 0.29) is 11.7 Å². The van der Waals surface area contributed by atoms with Crippen LogP contribution < -0.4 is 0 Å². The summed E-state index contributed by atoms with van der Waals surface area (Å²) in [6, 6.07) is 6.98. The molecule has 1 amide bonds. The number of ether oxygens (including phenoxy) is 1. The van der Waals surface area contributed by atoms with Crippen molar-refractivity contribution in [2.24, 2.45) is 5.92 Å². The Labute approximate surface area is 156 Å². The Morgan fingerprint density at radius 2 is 2.04 bits per heavy atom. The first-order valence-corrected chi connectivity index (χ1v) is 9.42. The molecule has 0 bridgehead atoms. The lowest BCUT2D eigenvalue weighted by Crippen LogP contribution is -2.42. The minimum Gasteiger partial charge on any atom is -0.383 e. The highest BCUT2D eigenvalue weighted by Crippen LogP contribution is 2.21. The maximum atomic E-state index is 13.8. The van der Waals surface area contributed by atoms with Crippen molar-refractivity contribution in [1.29, 1.82) is 0 Å². The number of benzene rings is 1. The summed E-state index contributed by atoms with van der Waals surface area (Å²) in [7, 11) is 1.66. The number of hydrogen-bond acceptors (Lipinski definition) is 3. The molecule has 26 heavy (non-hydrogen) atoms. The Bertz CT molecular complexity index is 610. The van der Waals surface area contributed by atoms with Crippen LogP contribution in [0.4, 0.5) is 4.39 Å². The lowest BCUT2D eigenvalue weighted by molar-refractivity contribution is -0.128. The van der Waals surface area contributed by atoms with Crippen LogP contribution in [0.3, 0.4) is 0 Å². The zero-order valence-corrected chi connectivity index (χ0v) is 16.2. The summed E-state index contributed by atoms with van der Waals surface area (Å²) in [4.78, 5) is 16.8. The molecule has 1 heterocycles. The Kier molecular flexibility index (Phi) is 8.26. The van der Waals surface area contributed by atoms with E-state index in [1.54, 1.807) is 13.2 Å². The van der Waals surface area contributed by atoms with E-state index < -0.39 is 0 Å². The number of rotatable bonds is 8. The zero-order valence-electron chi connectivity index (χ0n) is 16.2. The van der Waals surface area contributed by atoms with E-state index in [9.17, 15) is 9.18 Å². The Morgan fingerprint density at radius 1 is 1.35 bits per heavy atom. The fourth-order valence-corrected chi connectivity index (χ4v) is 3.36. The molecule has 0 aliphatic carbocycles. The van der Waals surface area contributed by atoms with Crippen LogP contribution in [0.15, 0.2) is 35.9 Å². The molecule has 0 radical (unpaired) electrons. The predicted molar refractivity (Wildman–Crippen MR) is 102 cm³/mol. The minimum absolute atomic E-state index is 0.0957. The van der Waals surface area contributed by atoms with Gasteiger partial charge < -0.3 is 9.64 Å². The molecule has 0 aromatic heterocycles. The third-order valence-electron chi connectivity index (χ3n) is 5.16. The van der Waals surface area contributed by atoms with Crippen LogP contribution in [-0.2, 0) is 16.1 Å². The maximum absolute atomic E-state index is 13.8. The molecule has 0 N–H and O–H groups in total. The molecular weight excluding hydrogens is 331 g/mol. The number of amides is 1. The molecule has 2 rings (SSSR count). The van der Waals surface area contributed by atoms with Crippen molar-refractivity contribution < 1.29 is 13.9 Å². The number of halogens is 1. The number of allylic oxidation sites excluding steroid dienone is 1. The summed E-state index contributed by atoms with van der Waals surface area (Å²) in [6.07, 6.45) is 3.92. The van der Waals surface area contributed by atoms with Gasteiger partial charge in [-0.3, -0.25) is 9.69 Å². The van der Waals surface area contributed by atoms with E-state index in [2.05, 4.69) is 4.90 Å². The van der Waals surface area contributed by atoms with Crippen LogP contribution >= 0.6 is 0 Å². The van der Waals surface area contributed by atoms with Gasteiger partial charge in [-0.2, -0.15) is 0 Å². The lowest BCUT2D eigenvalue weighted by Gasteiger charge is -2.35. The lowest BCUT2D eigenvalue weighted by atomic mass is 9.95. The highest BCUT2D eigenvalue weighted by atomic mass is 19.1. The van der Waals surface area contributed by atoms with Gasteiger partial charge >= 0.3 is 0 Å². The van der Waals surface area contributed by atoms with Gasteiger partial charge in [-0.1, -0.05) is 24.3 Å². The highest BCUT2D eigenvalue weighted by Gasteiger charge is 2.24. The van der Waals surface area contributed by atoms with Crippen molar-refractivity contribution in [2.45, 2.75) is 33.2 Å². The van der Waals surface area contributed by atoms with Crippen LogP contribution in [0.25, 0.3) is 0 Å². The summed E-state index contributed by atoms with van der Waals surface area (Å²) in [6.45, 7) is 8.22. The minimum atomic E-state index is -0.132. The molecule has 0 saturated carbocycles. The number of hydrogen-bond donors (Lipinski definition) is 0. The third-order valence-corrected chi connectivity index (χ3v) is 5.16. The second-order valence-electron chi connectivity index (χ2n) is 7.03. The van der Waals surface area contributed by atoms with Crippen molar-refractivity contribution in [2.75, 3.05) is 39.9 Å². The standard InChI is InChI=1S/C21H31FN2O2/c1-4-17(2)21(25)24(13-14-26-3)15-18-9-11-23(12-10-18)16-19-7-5-6-8-20(19)22/h4-8,18H,9-16H2,1-3H3/b17-4+. The van der Waals surface area contributed by atoms with Crippen LogP contribution in [0.1, 0.15) is 32.3 Å². The van der Waals surface area contributed by atoms with E-state index in [4.69, 9.17) is 4.74 Å². The largest absolute Gasteiger partial charge is 0.383 e. The maximum Gasteiger partial charge on any atom is 0.249 e. The summed E-state index contributed by atoms with van der Waals surface area (Å²) < 4.78 is 19.0. The fourth-order valence-electron chi connectivity index (χ4n) is 3.36. The summed E-state index contributed by atoms with van der Waals surface area (Å²) in [5.74, 6) is 0.448. The molecule has 0 unspecified atom stereocenters. The smallest absolute Gasteiger partial charge is 0.249 e. The molecule has 0 atom stereocenters. The second kappa shape index (κ2) is 10.4. The average molecular weight is 362 g/mol. The number of likely N-dealkylation sites (tertiary alicyclic amines) is 1. The molecular formula is C21H31FN2O2. The number of piperidine rings is 1. The molecule has 0 spiro atoms. The first kappa shape index (κ1) is 20.6. The topological polar surface area (TPSA) is 32.8 Å². The summed E-state index contributed by atoms with van der Waals surface area (Å²) in [5, 5.41) is 0. The van der Waals surface area contributed by atoms with Gasteiger partial charge in [0, 0.05) is 37.9 Å². The van der Waals surface area contributed by atoms with Crippen molar-refractivity contribution in [3.05, 3.63) is 47.3 Å². The molecule has 1 aliphatic rings.